The van der Waals surface area contributed by atoms with Crippen LogP contribution in [0.25, 0.3) is 0 Å². The van der Waals surface area contributed by atoms with E-state index in [0.29, 0.717) is 12.3 Å². The third-order valence-electron chi connectivity index (χ3n) is 5.72. The number of hydrogen-bond donors (Lipinski definition) is 1. The van der Waals surface area contributed by atoms with Crippen LogP contribution < -0.4 is 4.90 Å². The fourth-order valence-corrected chi connectivity index (χ4v) is 4.36. The molecule has 1 amide bonds. The number of amides is 1. The molecule has 26 heavy (non-hydrogen) atoms. The van der Waals surface area contributed by atoms with Crippen molar-refractivity contribution in [2.45, 2.75) is 25.3 Å². The Morgan fingerprint density at radius 1 is 1.31 bits per heavy atom. The molecule has 0 aliphatic carbocycles. The monoisotopic (exact) mass is 355 g/mol. The zero-order valence-corrected chi connectivity index (χ0v) is 15.1. The second-order valence-electron chi connectivity index (χ2n) is 7.37. The molecule has 2 aliphatic heterocycles. The number of carbonyl (C=O) groups is 1. The highest BCUT2D eigenvalue weighted by Crippen LogP contribution is 2.44. The number of likely N-dealkylation sites (tertiary alicyclic amines) is 1. The van der Waals surface area contributed by atoms with E-state index in [9.17, 15) is 4.79 Å². The molecule has 4 heterocycles. The Morgan fingerprint density at radius 2 is 2.08 bits per heavy atom. The van der Waals surface area contributed by atoms with Gasteiger partial charge in [0, 0.05) is 45.3 Å². The maximum atomic E-state index is 12.6. The Hall–Kier alpha value is -2.41. The molecular formula is C19H25N5O2. The lowest BCUT2D eigenvalue weighted by Gasteiger charge is -2.39. The molecule has 7 nitrogen and oxygen atoms in total. The Labute approximate surface area is 153 Å². The quantitative estimate of drug-likeness (QED) is 0.907. The van der Waals surface area contributed by atoms with Gasteiger partial charge in [0.25, 0.3) is 5.91 Å². The highest BCUT2D eigenvalue weighted by Gasteiger charge is 2.46. The topological polar surface area (TPSA) is 74.3 Å². The van der Waals surface area contributed by atoms with Crippen molar-refractivity contribution >= 4 is 11.9 Å². The normalized spacial score (nSPS) is 22.1. The number of aromatic amines is 1. The lowest BCUT2D eigenvalue weighted by molar-refractivity contribution is 0.0593. The molecule has 2 aliphatic rings. The smallest absolute Gasteiger partial charge is 0.270 e. The van der Waals surface area contributed by atoms with Gasteiger partial charge in [-0.15, -0.1) is 0 Å². The van der Waals surface area contributed by atoms with Crippen molar-refractivity contribution in [3.8, 4) is 0 Å². The average Bonchev–Trinajstić information content (AvgIpc) is 3.32. The molecule has 2 fully saturated rings. The van der Waals surface area contributed by atoms with Crippen LogP contribution in [0.5, 0.6) is 0 Å². The van der Waals surface area contributed by atoms with E-state index in [1.807, 2.05) is 23.1 Å². The number of aromatic nitrogens is 3. The van der Waals surface area contributed by atoms with Gasteiger partial charge in [0.1, 0.15) is 5.69 Å². The summed E-state index contributed by atoms with van der Waals surface area (Å²) in [6, 6.07) is 5.83. The second-order valence-corrected chi connectivity index (χ2v) is 7.37. The van der Waals surface area contributed by atoms with Crippen LogP contribution in [0, 0.1) is 5.41 Å². The van der Waals surface area contributed by atoms with E-state index in [0.717, 1.165) is 44.8 Å². The molecule has 1 atom stereocenters. The van der Waals surface area contributed by atoms with E-state index in [-0.39, 0.29) is 17.4 Å². The number of nitrogens with zero attached hydrogens (tertiary/aromatic N) is 4. The SMILES string of the molecule is COC[C@H]1CC2(CCN(C(=O)c3ccc[nH]3)CC2)CN1c1ncccn1. The number of methoxy groups -OCH3 is 1. The van der Waals surface area contributed by atoms with Crippen molar-refractivity contribution in [2.75, 3.05) is 38.3 Å². The molecule has 0 saturated carbocycles. The summed E-state index contributed by atoms with van der Waals surface area (Å²) in [4.78, 5) is 28.7. The van der Waals surface area contributed by atoms with E-state index in [4.69, 9.17) is 4.74 Å². The number of anilines is 1. The zero-order chi connectivity index (χ0) is 18.0. The summed E-state index contributed by atoms with van der Waals surface area (Å²) in [5, 5.41) is 0. The minimum absolute atomic E-state index is 0.0968. The highest BCUT2D eigenvalue weighted by molar-refractivity contribution is 5.92. The fraction of sp³-hybridized carbons (Fsp3) is 0.526. The summed E-state index contributed by atoms with van der Waals surface area (Å²) in [5.74, 6) is 0.871. The molecule has 2 aromatic rings. The van der Waals surface area contributed by atoms with Gasteiger partial charge >= 0.3 is 0 Å². The molecule has 2 aromatic heterocycles. The van der Waals surface area contributed by atoms with Gasteiger partial charge in [0.05, 0.1) is 12.6 Å². The second kappa shape index (κ2) is 7.07. The lowest BCUT2D eigenvalue weighted by Crippen LogP contribution is -2.44. The molecule has 0 radical (unpaired) electrons. The van der Waals surface area contributed by atoms with Crippen LogP contribution in [-0.2, 0) is 4.74 Å². The van der Waals surface area contributed by atoms with Crippen LogP contribution in [0.4, 0.5) is 5.95 Å². The zero-order valence-electron chi connectivity index (χ0n) is 15.1. The predicted octanol–water partition coefficient (Wildman–Crippen LogP) is 1.95. The minimum atomic E-state index is 0.0968. The molecule has 0 aromatic carbocycles. The summed E-state index contributed by atoms with van der Waals surface area (Å²) in [6.07, 6.45) is 8.43. The van der Waals surface area contributed by atoms with Gasteiger partial charge in [-0.3, -0.25) is 4.79 Å². The Kier molecular flexibility index (Phi) is 4.63. The first-order valence-corrected chi connectivity index (χ1v) is 9.16. The first-order valence-electron chi connectivity index (χ1n) is 9.16. The maximum Gasteiger partial charge on any atom is 0.270 e. The van der Waals surface area contributed by atoms with Crippen LogP contribution in [-0.4, -0.2) is 65.2 Å². The highest BCUT2D eigenvalue weighted by atomic mass is 16.5. The summed E-state index contributed by atoms with van der Waals surface area (Å²) in [5.41, 5.74) is 0.874. The molecule has 4 rings (SSSR count). The Bertz CT molecular complexity index is 726. The number of carbonyl (C=O) groups excluding carboxylic acids is 1. The third kappa shape index (κ3) is 3.19. The van der Waals surface area contributed by atoms with Gasteiger partial charge in [0.2, 0.25) is 5.95 Å². The van der Waals surface area contributed by atoms with Crippen LogP contribution in [0.1, 0.15) is 29.8 Å². The van der Waals surface area contributed by atoms with E-state index >= 15 is 0 Å². The number of hydrogen-bond acceptors (Lipinski definition) is 5. The summed E-state index contributed by atoms with van der Waals surface area (Å²) >= 11 is 0. The number of nitrogens with one attached hydrogen (secondary N) is 1. The van der Waals surface area contributed by atoms with Crippen molar-refractivity contribution in [1.82, 2.24) is 19.9 Å². The van der Waals surface area contributed by atoms with Crippen molar-refractivity contribution in [1.29, 1.82) is 0 Å². The standard InChI is InChI=1S/C19H25N5O2/c1-26-13-15-12-19(14-24(15)18-21-8-3-9-22-18)5-10-23(11-6-19)17(25)16-4-2-7-20-16/h2-4,7-9,15,20H,5-6,10-14H2,1H3/t15-/m1/s1. The molecule has 0 bridgehead atoms. The molecule has 2 saturated heterocycles. The lowest BCUT2D eigenvalue weighted by atomic mass is 9.76. The van der Waals surface area contributed by atoms with Crippen molar-refractivity contribution < 1.29 is 9.53 Å². The van der Waals surface area contributed by atoms with Crippen molar-refractivity contribution in [3.05, 3.63) is 42.5 Å². The molecule has 138 valence electrons. The van der Waals surface area contributed by atoms with E-state index in [2.05, 4.69) is 19.9 Å². The minimum Gasteiger partial charge on any atom is -0.383 e. The van der Waals surface area contributed by atoms with E-state index in [1.54, 1.807) is 25.7 Å². The largest absolute Gasteiger partial charge is 0.383 e. The number of piperidine rings is 1. The van der Waals surface area contributed by atoms with E-state index in [1.165, 1.54) is 0 Å². The van der Waals surface area contributed by atoms with Crippen LogP contribution in [0.3, 0.4) is 0 Å². The first-order chi connectivity index (χ1) is 12.7. The van der Waals surface area contributed by atoms with Gasteiger partial charge in [-0.25, -0.2) is 9.97 Å². The van der Waals surface area contributed by atoms with Gasteiger partial charge in [-0.2, -0.15) is 0 Å². The summed E-state index contributed by atoms with van der Waals surface area (Å²) in [7, 11) is 1.74. The van der Waals surface area contributed by atoms with Gasteiger partial charge in [-0.1, -0.05) is 0 Å². The fourth-order valence-electron chi connectivity index (χ4n) is 4.36. The predicted molar refractivity (Wildman–Crippen MR) is 98.0 cm³/mol. The number of rotatable bonds is 4. The van der Waals surface area contributed by atoms with Crippen LogP contribution in [0.15, 0.2) is 36.8 Å². The molecule has 1 N–H and O–H groups in total. The van der Waals surface area contributed by atoms with Gasteiger partial charge < -0.3 is 19.5 Å². The Morgan fingerprint density at radius 3 is 2.73 bits per heavy atom. The first kappa shape index (κ1) is 17.0. The molecule has 7 heteroatoms. The van der Waals surface area contributed by atoms with Crippen LogP contribution in [0.2, 0.25) is 0 Å². The molecule has 0 unspecified atom stereocenters. The average molecular weight is 355 g/mol. The summed E-state index contributed by atoms with van der Waals surface area (Å²) < 4.78 is 5.45. The summed E-state index contributed by atoms with van der Waals surface area (Å²) in [6.45, 7) is 3.18. The number of H-pyrrole nitrogens is 1. The maximum absolute atomic E-state index is 12.6. The van der Waals surface area contributed by atoms with Crippen LogP contribution >= 0.6 is 0 Å². The number of ether oxygens (including phenoxy) is 1. The van der Waals surface area contributed by atoms with Crippen molar-refractivity contribution in [2.24, 2.45) is 5.41 Å². The van der Waals surface area contributed by atoms with Gasteiger partial charge in [-0.05, 0) is 42.9 Å². The van der Waals surface area contributed by atoms with Gasteiger partial charge in [0.15, 0.2) is 0 Å². The van der Waals surface area contributed by atoms with E-state index < -0.39 is 0 Å². The van der Waals surface area contributed by atoms with Crippen molar-refractivity contribution in [3.63, 3.8) is 0 Å². The third-order valence-corrected chi connectivity index (χ3v) is 5.72. The molecule has 1 spiro atoms. The Balaban J connectivity index is 1.46. The molecular weight excluding hydrogens is 330 g/mol.